The maximum atomic E-state index is 11.3. The van der Waals surface area contributed by atoms with Crippen LogP contribution in [-0.2, 0) is 0 Å². The van der Waals surface area contributed by atoms with Gasteiger partial charge in [0, 0.05) is 10.6 Å². The maximum Gasteiger partial charge on any atom is 0.336 e. The van der Waals surface area contributed by atoms with Crippen molar-refractivity contribution in [1.29, 1.82) is 5.26 Å². The molecule has 3 aromatic rings. The molecule has 3 rings (SSSR count). The molecule has 1 aromatic heterocycles. The van der Waals surface area contributed by atoms with E-state index in [1.54, 1.807) is 60.7 Å². The van der Waals surface area contributed by atoms with Gasteiger partial charge < -0.3 is 9.52 Å². The molecule has 1 heterocycles. The fraction of sp³-hybridized carbons (Fsp3) is 0. The predicted octanol–water partition coefficient (Wildman–Crippen LogP) is 5.36. The Morgan fingerprint density at radius 1 is 1.12 bits per heavy atom. The summed E-state index contributed by atoms with van der Waals surface area (Å²) in [5.74, 6) is -0.153. The number of nitrogens with zero attached hydrogens (tertiary/aromatic N) is 1. The van der Waals surface area contributed by atoms with Crippen molar-refractivity contribution in [3.8, 4) is 17.4 Å². The molecule has 0 amide bonds. The Balaban J connectivity index is 1.99. The molecule has 0 radical (unpaired) electrons. The second-order valence-corrected chi connectivity index (χ2v) is 5.67. The van der Waals surface area contributed by atoms with Crippen molar-refractivity contribution < 1.29 is 14.3 Å². The summed E-state index contributed by atoms with van der Waals surface area (Å²) in [5.41, 5.74) is 1.72. The number of hydrogen-bond donors (Lipinski definition) is 1. The summed E-state index contributed by atoms with van der Waals surface area (Å²) in [6.07, 6.45) is 1.60. The number of carboxylic acids is 1. The van der Waals surface area contributed by atoms with Crippen LogP contribution in [0.5, 0.6) is 0 Å². The van der Waals surface area contributed by atoms with Crippen molar-refractivity contribution >= 4 is 29.2 Å². The van der Waals surface area contributed by atoms with Crippen molar-refractivity contribution in [2.45, 2.75) is 0 Å². The van der Waals surface area contributed by atoms with E-state index in [0.717, 1.165) is 0 Å². The Hall–Kier alpha value is -3.29. The average molecular weight is 350 g/mol. The van der Waals surface area contributed by atoms with Gasteiger partial charge in [0.25, 0.3) is 0 Å². The summed E-state index contributed by atoms with van der Waals surface area (Å²) in [4.78, 5) is 11.3. The van der Waals surface area contributed by atoms with Gasteiger partial charge in [-0.2, -0.15) is 5.26 Å². The zero-order valence-corrected chi connectivity index (χ0v) is 13.7. The lowest BCUT2D eigenvalue weighted by molar-refractivity contribution is 0.0697. The third-order valence-electron chi connectivity index (χ3n) is 3.59. The number of halogens is 1. The summed E-state index contributed by atoms with van der Waals surface area (Å²) < 4.78 is 5.72. The number of aromatic carboxylic acids is 1. The molecule has 0 bridgehead atoms. The quantitative estimate of drug-likeness (QED) is 0.643. The van der Waals surface area contributed by atoms with Crippen LogP contribution >= 0.6 is 11.6 Å². The van der Waals surface area contributed by atoms with Gasteiger partial charge in [-0.25, -0.2) is 4.79 Å². The van der Waals surface area contributed by atoms with E-state index >= 15 is 0 Å². The van der Waals surface area contributed by atoms with Crippen LogP contribution in [0, 0.1) is 11.3 Å². The number of benzene rings is 2. The second kappa shape index (κ2) is 7.08. The molecule has 0 fully saturated rings. The van der Waals surface area contributed by atoms with Gasteiger partial charge in [-0.1, -0.05) is 41.9 Å². The Morgan fingerprint density at radius 3 is 2.64 bits per heavy atom. The fourth-order valence-corrected chi connectivity index (χ4v) is 2.63. The van der Waals surface area contributed by atoms with Crippen LogP contribution in [0.3, 0.4) is 0 Å². The van der Waals surface area contributed by atoms with E-state index in [1.165, 1.54) is 6.07 Å². The van der Waals surface area contributed by atoms with Crippen molar-refractivity contribution in [1.82, 2.24) is 0 Å². The summed E-state index contributed by atoms with van der Waals surface area (Å²) in [6, 6.07) is 19.1. The lowest BCUT2D eigenvalue weighted by Crippen LogP contribution is -1.98. The fourth-order valence-electron chi connectivity index (χ4n) is 2.44. The first kappa shape index (κ1) is 16.6. The minimum atomic E-state index is -1.03. The van der Waals surface area contributed by atoms with Gasteiger partial charge in [0.1, 0.15) is 11.5 Å². The van der Waals surface area contributed by atoms with Crippen molar-refractivity contribution in [2.24, 2.45) is 0 Å². The lowest BCUT2D eigenvalue weighted by Gasteiger charge is -2.02. The van der Waals surface area contributed by atoms with E-state index in [0.29, 0.717) is 33.2 Å². The largest absolute Gasteiger partial charge is 0.478 e. The summed E-state index contributed by atoms with van der Waals surface area (Å²) in [6.45, 7) is 0. The Labute approximate surface area is 149 Å². The molecule has 0 saturated heterocycles. The molecule has 0 aliphatic heterocycles. The first-order valence-electron chi connectivity index (χ1n) is 7.39. The van der Waals surface area contributed by atoms with Crippen LogP contribution in [0.15, 0.2) is 65.1 Å². The Bertz CT molecular complexity index is 1010. The summed E-state index contributed by atoms with van der Waals surface area (Å²) in [5, 5.41) is 19.2. The number of rotatable bonds is 4. The van der Waals surface area contributed by atoms with Crippen LogP contribution in [-0.4, -0.2) is 11.1 Å². The highest BCUT2D eigenvalue weighted by Gasteiger charge is 2.14. The van der Waals surface area contributed by atoms with Gasteiger partial charge in [0.15, 0.2) is 0 Å². The van der Waals surface area contributed by atoms with Gasteiger partial charge >= 0.3 is 5.97 Å². The van der Waals surface area contributed by atoms with Gasteiger partial charge in [-0.15, -0.1) is 0 Å². The van der Waals surface area contributed by atoms with E-state index in [9.17, 15) is 15.2 Å². The molecular weight excluding hydrogens is 338 g/mol. The topological polar surface area (TPSA) is 74.2 Å². The Morgan fingerprint density at radius 2 is 1.92 bits per heavy atom. The molecule has 0 aliphatic carbocycles. The number of furan rings is 1. The standard InChI is InChI=1S/C20H12ClNO3/c21-15-5-3-4-13(10-15)14(12-22)11-16-8-9-19(25-16)17-6-1-2-7-18(17)20(23)24/h1-11H,(H,23,24)/b14-11-. The molecule has 0 atom stereocenters. The first-order chi connectivity index (χ1) is 12.1. The summed E-state index contributed by atoms with van der Waals surface area (Å²) in [7, 11) is 0. The number of nitriles is 1. The zero-order chi connectivity index (χ0) is 17.8. The van der Waals surface area contributed by atoms with E-state index in [4.69, 9.17) is 16.0 Å². The van der Waals surface area contributed by atoms with E-state index in [2.05, 4.69) is 6.07 Å². The van der Waals surface area contributed by atoms with Crippen molar-refractivity contribution in [3.63, 3.8) is 0 Å². The zero-order valence-electron chi connectivity index (χ0n) is 12.9. The number of carbonyl (C=O) groups is 1. The van der Waals surface area contributed by atoms with Crippen LogP contribution in [0.2, 0.25) is 5.02 Å². The van der Waals surface area contributed by atoms with Gasteiger partial charge in [-0.05, 0) is 42.0 Å². The molecule has 2 aromatic carbocycles. The van der Waals surface area contributed by atoms with Gasteiger partial charge in [0.2, 0.25) is 0 Å². The molecule has 4 nitrogen and oxygen atoms in total. The normalized spacial score (nSPS) is 11.1. The lowest BCUT2D eigenvalue weighted by atomic mass is 10.1. The van der Waals surface area contributed by atoms with Crippen molar-refractivity contribution in [2.75, 3.05) is 0 Å². The third kappa shape index (κ3) is 3.63. The highest BCUT2D eigenvalue weighted by Crippen LogP contribution is 2.28. The third-order valence-corrected chi connectivity index (χ3v) is 3.83. The molecule has 0 unspecified atom stereocenters. The highest BCUT2D eigenvalue weighted by atomic mass is 35.5. The molecule has 25 heavy (non-hydrogen) atoms. The molecular formula is C20H12ClNO3. The smallest absolute Gasteiger partial charge is 0.336 e. The van der Waals surface area contributed by atoms with E-state index < -0.39 is 5.97 Å². The van der Waals surface area contributed by atoms with E-state index in [-0.39, 0.29) is 5.56 Å². The minimum Gasteiger partial charge on any atom is -0.478 e. The monoisotopic (exact) mass is 349 g/mol. The first-order valence-corrected chi connectivity index (χ1v) is 7.76. The SMILES string of the molecule is N#C/C(=C/c1ccc(-c2ccccc2C(=O)O)o1)c1cccc(Cl)c1. The molecule has 1 N–H and O–H groups in total. The maximum absolute atomic E-state index is 11.3. The number of hydrogen-bond acceptors (Lipinski definition) is 3. The average Bonchev–Trinajstić information content (AvgIpc) is 3.08. The molecule has 5 heteroatoms. The highest BCUT2D eigenvalue weighted by molar-refractivity contribution is 6.30. The van der Waals surface area contributed by atoms with Crippen LogP contribution in [0.4, 0.5) is 0 Å². The second-order valence-electron chi connectivity index (χ2n) is 5.23. The van der Waals surface area contributed by atoms with Crippen molar-refractivity contribution in [3.05, 3.63) is 82.6 Å². The van der Waals surface area contributed by atoms with E-state index in [1.807, 2.05) is 0 Å². The van der Waals surface area contributed by atoms with Gasteiger partial charge in [0.05, 0.1) is 17.2 Å². The van der Waals surface area contributed by atoms with Crippen LogP contribution < -0.4 is 0 Å². The summed E-state index contributed by atoms with van der Waals surface area (Å²) >= 11 is 5.96. The molecule has 0 saturated carbocycles. The van der Waals surface area contributed by atoms with Crippen LogP contribution in [0.25, 0.3) is 23.0 Å². The van der Waals surface area contributed by atoms with Gasteiger partial charge in [-0.3, -0.25) is 0 Å². The molecule has 0 aliphatic rings. The predicted molar refractivity (Wildman–Crippen MR) is 96.0 cm³/mol. The minimum absolute atomic E-state index is 0.155. The molecule has 0 spiro atoms. The molecule has 122 valence electrons. The Kier molecular flexibility index (Phi) is 4.69. The number of allylic oxidation sites excluding steroid dienone is 1. The van der Waals surface area contributed by atoms with Crippen LogP contribution in [0.1, 0.15) is 21.7 Å². The number of carboxylic acid groups (broad SMARTS) is 1.